The van der Waals surface area contributed by atoms with Crippen molar-refractivity contribution in [3.8, 4) is 27.9 Å². The summed E-state index contributed by atoms with van der Waals surface area (Å²) in [6.07, 6.45) is 0. The maximum Gasteiger partial charge on any atom is 0.159 e. The number of furan rings is 2. The van der Waals surface area contributed by atoms with Crippen LogP contribution in [0.1, 0.15) is 0 Å². The number of hydrogen-bond acceptors (Lipinski definition) is 3. The summed E-state index contributed by atoms with van der Waals surface area (Å²) in [7, 11) is 0. The summed E-state index contributed by atoms with van der Waals surface area (Å²) in [6, 6.07) is 73.1. The molecule has 12 rings (SSSR count). The van der Waals surface area contributed by atoms with E-state index < -0.39 is 0 Å². The Labute approximate surface area is 334 Å². The molecule has 0 spiro atoms. The highest BCUT2D eigenvalue weighted by molar-refractivity contribution is 6.19. The Morgan fingerprint density at radius 1 is 0.362 bits per heavy atom. The SMILES string of the molecule is c1ccc(-c2cc(N(c3cccc4c3oc3ccccc34)c3cccc4c3c3ccccc3n4-c3ccccc3)ccc2-c2cccc3c2oc2ccccc23)cc1. The molecular formula is C54H34N2O2. The van der Waals surface area contributed by atoms with Crippen LogP contribution in [-0.4, -0.2) is 4.57 Å². The van der Waals surface area contributed by atoms with Gasteiger partial charge in [0.1, 0.15) is 16.7 Å². The van der Waals surface area contributed by atoms with Crippen LogP contribution in [0.5, 0.6) is 0 Å². The highest BCUT2D eigenvalue weighted by atomic mass is 16.3. The Bertz CT molecular complexity index is 3520. The summed E-state index contributed by atoms with van der Waals surface area (Å²) >= 11 is 0. The molecule has 12 aromatic rings. The van der Waals surface area contributed by atoms with Gasteiger partial charge >= 0.3 is 0 Å². The minimum atomic E-state index is 0.838. The molecule has 0 amide bonds. The Kier molecular flexibility index (Phi) is 7.20. The third-order valence-electron chi connectivity index (χ3n) is 11.6. The first-order chi connectivity index (χ1) is 28.8. The molecule has 0 unspecified atom stereocenters. The van der Waals surface area contributed by atoms with Gasteiger partial charge in [-0.3, -0.25) is 0 Å². The number of para-hydroxylation sites is 6. The largest absolute Gasteiger partial charge is 0.455 e. The number of benzene rings is 9. The number of anilines is 3. The molecule has 0 atom stereocenters. The topological polar surface area (TPSA) is 34.5 Å². The van der Waals surface area contributed by atoms with E-state index in [2.05, 4.69) is 198 Å². The molecule has 0 N–H and O–H groups in total. The molecule has 3 aromatic heterocycles. The van der Waals surface area contributed by atoms with Crippen molar-refractivity contribution in [2.75, 3.05) is 4.90 Å². The molecule has 4 heteroatoms. The summed E-state index contributed by atoms with van der Waals surface area (Å²) in [4.78, 5) is 2.40. The molecule has 0 fully saturated rings. The first-order valence-electron chi connectivity index (χ1n) is 19.7. The predicted octanol–water partition coefficient (Wildman–Crippen LogP) is 15.4. The van der Waals surface area contributed by atoms with E-state index in [1.165, 1.54) is 5.39 Å². The number of hydrogen-bond donors (Lipinski definition) is 0. The minimum Gasteiger partial charge on any atom is -0.455 e. The van der Waals surface area contributed by atoms with Crippen LogP contribution in [0.2, 0.25) is 0 Å². The van der Waals surface area contributed by atoms with Crippen LogP contribution in [0.3, 0.4) is 0 Å². The zero-order chi connectivity index (χ0) is 38.2. The maximum atomic E-state index is 6.81. The molecule has 58 heavy (non-hydrogen) atoms. The molecule has 0 aliphatic heterocycles. The molecule has 0 saturated heterocycles. The average molecular weight is 743 g/mol. The molecule has 4 nitrogen and oxygen atoms in total. The van der Waals surface area contributed by atoms with Crippen molar-refractivity contribution in [1.29, 1.82) is 0 Å². The first kappa shape index (κ1) is 32.4. The van der Waals surface area contributed by atoms with Gasteiger partial charge in [-0.2, -0.15) is 0 Å². The van der Waals surface area contributed by atoms with E-state index >= 15 is 0 Å². The van der Waals surface area contributed by atoms with Crippen molar-refractivity contribution in [2.24, 2.45) is 0 Å². The van der Waals surface area contributed by atoms with E-state index in [4.69, 9.17) is 8.83 Å². The zero-order valence-corrected chi connectivity index (χ0v) is 31.3. The molecule has 0 aliphatic rings. The van der Waals surface area contributed by atoms with Crippen LogP contribution in [0, 0.1) is 0 Å². The van der Waals surface area contributed by atoms with Crippen molar-refractivity contribution >= 4 is 82.7 Å². The third kappa shape index (κ3) is 4.88. The average Bonchev–Trinajstić information content (AvgIpc) is 3.98. The molecule has 0 radical (unpaired) electrons. The third-order valence-corrected chi connectivity index (χ3v) is 11.6. The highest BCUT2D eigenvalue weighted by Crippen LogP contribution is 2.49. The van der Waals surface area contributed by atoms with Gasteiger partial charge in [-0.25, -0.2) is 0 Å². The molecule has 0 bridgehead atoms. The Balaban J connectivity index is 1.18. The van der Waals surface area contributed by atoms with Crippen molar-refractivity contribution < 1.29 is 8.83 Å². The van der Waals surface area contributed by atoms with Crippen molar-refractivity contribution in [3.05, 3.63) is 206 Å². The van der Waals surface area contributed by atoms with Gasteiger partial charge in [-0.05, 0) is 77.4 Å². The monoisotopic (exact) mass is 742 g/mol. The van der Waals surface area contributed by atoms with E-state index in [0.717, 1.165) is 105 Å². The lowest BCUT2D eigenvalue weighted by atomic mass is 9.92. The van der Waals surface area contributed by atoms with Gasteiger partial charge in [0.2, 0.25) is 0 Å². The van der Waals surface area contributed by atoms with Crippen LogP contribution >= 0.6 is 0 Å². The first-order valence-corrected chi connectivity index (χ1v) is 19.7. The Morgan fingerprint density at radius 3 is 1.71 bits per heavy atom. The van der Waals surface area contributed by atoms with E-state index in [-0.39, 0.29) is 0 Å². The fourth-order valence-corrected chi connectivity index (χ4v) is 9.08. The number of nitrogens with zero attached hydrogens (tertiary/aromatic N) is 2. The zero-order valence-electron chi connectivity index (χ0n) is 31.3. The lowest BCUT2D eigenvalue weighted by Gasteiger charge is -2.28. The fraction of sp³-hybridized carbons (Fsp3) is 0. The van der Waals surface area contributed by atoms with E-state index in [9.17, 15) is 0 Å². The second kappa shape index (κ2) is 12.9. The van der Waals surface area contributed by atoms with Crippen LogP contribution in [0.25, 0.3) is 93.6 Å². The van der Waals surface area contributed by atoms with Crippen molar-refractivity contribution in [3.63, 3.8) is 0 Å². The lowest BCUT2D eigenvalue weighted by Crippen LogP contribution is -2.11. The summed E-state index contributed by atoms with van der Waals surface area (Å²) < 4.78 is 15.8. The van der Waals surface area contributed by atoms with Gasteiger partial charge in [0, 0.05) is 49.3 Å². The van der Waals surface area contributed by atoms with Gasteiger partial charge in [0.15, 0.2) is 5.58 Å². The Hall–Kier alpha value is -7.82. The van der Waals surface area contributed by atoms with Crippen LogP contribution in [-0.2, 0) is 0 Å². The molecule has 9 aromatic carbocycles. The highest BCUT2D eigenvalue weighted by Gasteiger charge is 2.25. The van der Waals surface area contributed by atoms with Crippen LogP contribution in [0.15, 0.2) is 215 Å². The number of rotatable bonds is 6. The quantitative estimate of drug-likeness (QED) is 0.170. The fourth-order valence-electron chi connectivity index (χ4n) is 9.08. The molecule has 0 saturated carbocycles. The predicted molar refractivity (Wildman–Crippen MR) is 241 cm³/mol. The van der Waals surface area contributed by atoms with E-state index in [1.54, 1.807) is 0 Å². The van der Waals surface area contributed by atoms with Crippen molar-refractivity contribution in [2.45, 2.75) is 0 Å². The second-order valence-corrected chi connectivity index (χ2v) is 14.8. The van der Waals surface area contributed by atoms with Gasteiger partial charge in [0.05, 0.1) is 22.4 Å². The summed E-state index contributed by atoms with van der Waals surface area (Å²) in [6.45, 7) is 0. The number of fused-ring (bicyclic) bond motifs is 9. The smallest absolute Gasteiger partial charge is 0.159 e. The molecule has 272 valence electrons. The Morgan fingerprint density at radius 2 is 0.931 bits per heavy atom. The normalized spacial score (nSPS) is 11.8. The minimum absolute atomic E-state index is 0.838. The van der Waals surface area contributed by atoms with Gasteiger partial charge in [0.25, 0.3) is 0 Å². The maximum absolute atomic E-state index is 6.81. The van der Waals surface area contributed by atoms with Gasteiger partial charge < -0.3 is 18.3 Å². The lowest BCUT2D eigenvalue weighted by molar-refractivity contribution is 0.669. The molecular weight excluding hydrogens is 709 g/mol. The molecule has 0 aliphatic carbocycles. The van der Waals surface area contributed by atoms with Crippen LogP contribution in [0.4, 0.5) is 17.1 Å². The number of aromatic nitrogens is 1. The molecule has 3 heterocycles. The van der Waals surface area contributed by atoms with Gasteiger partial charge in [-0.15, -0.1) is 0 Å². The summed E-state index contributed by atoms with van der Waals surface area (Å²) in [5, 5.41) is 6.73. The van der Waals surface area contributed by atoms with E-state index in [0.29, 0.717) is 0 Å². The summed E-state index contributed by atoms with van der Waals surface area (Å²) in [5.41, 5.74) is 14.3. The second-order valence-electron chi connectivity index (χ2n) is 14.8. The van der Waals surface area contributed by atoms with Crippen LogP contribution < -0.4 is 4.90 Å². The van der Waals surface area contributed by atoms with Gasteiger partial charge in [-0.1, -0.05) is 146 Å². The van der Waals surface area contributed by atoms with E-state index in [1.807, 2.05) is 18.2 Å². The summed E-state index contributed by atoms with van der Waals surface area (Å²) in [5.74, 6) is 0. The van der Waals surface area contributed by atoms with Crippen molar-refractivity contribution in [1.82, 2.24) is 4.57 Å². The standard InChI is InChI=1S/C54H34N2O2/c1-3-16-35(17-4-1)45-34-37(32-33-38(45)41-23-13-24-42-39-20-8-11-30-50(39)57-53(41)42)56(49-29-14-25-43-40-21-9-12-31-51(40)58-54(43)49)48-28-15-27-47-52(48)44-22-7-10-26-46(44)55(47)36-18-5-2-6-19-36/h1-34H.